The normalized spacial score (nSPS) is 25.5. The van der Waals surface area contributed by atoms with E-state index in [9.17, 15) is 0 Å². The zero-order valence-corrected chi connectivity index (χ0v) is 17.6. The molecule has 2 N–H and O–H groups in total. The van der Waals surface area contributed by atoms with Gasteiger partial charge in [-0.05, 0) is 31.6 Å². The Balaban J connectivity index is 0.00000192. The van der Waals surface area contributed by atoms with Gasteiger partial charge in [0.25, 0.3) is 0 Å². The molecule has 0 spiro atoms. The van der Waals surface area contributed by atoms with Gasteiger partial charge >= 0.3 is 0 Å². The van der Waals surface area contributed by atoms with E-state index < -0.39 is 0 Å². The largest absolute Gasteiger partial charge is 0.356 e. The van der Waals surface area contributed by atoms with Crippen LogP contribution in [0.25, 0.3) is 0 Å². The average Bonchev–Trinajstić information content (AvgIpc) is 3.41. The lowest BCUT2D eigenvalue weighted by atomic mass is 9.80. The van der Waals surface area contributed by atoms with Gasteiger partial charge < -0.3 is 10.6 Å². The summed E-state index contributed by atoms with van der Waals surface area (Å²) < 4.78 is 0. The zero-order chi connectivity index (χ0) is 15.3. The van der Waals surface area contributed by atoms with Crippen molar-refractivity contribution in [1.82, 2.24) is 15.5 Å². The van der Waals surface area contributed by atoms with Crippen LogP contribution in [0.2, 0.25) is 0 Å². The number of hydrogen-bond acceptors (Lipinski definition) is 3. The van der Waals surface area contributed by atoms with Gasteiger partial charge in [0.05, 0.1) is 0 Å². The van der Waals surface area contributed by atoms with Crippen LogP contribution in [0.4, 0.5) is 0 Å². The number of aliphatic imine (C=N–C) groups is 1. The minimum atomic E-state index is 0. The molecular weight excluding hydrogens is 419 g/mol. The smallest absolute Gasteiger partial charge is 0.191 e. The third kappa shape index (κ3) is 5.66. The molecule has 23 heavy (non-hydrogen) atoms. The number of nitrogens with one attached hydrogen (secondary N) is 2. The van der Waals surface area contributed by atoms with E-state index in [-0.39, 0.29) is 24.0 Å². The van der Waals surface area contributed by atoms with E-state index in [1.165, 1.54) is 69.5 Å². The Morgan fingerprint density at radius 2 is 1.83 bits per heavy atom. The van der Waals surface area contributed by atoms with Crippen molar-refractivity contribution >= 4 is 41.7 Å². The molecule has 0 aromatic heterocycles. The van der Waals surface area contributed by atoms with E-state index >= 15 is 0 Å². The van der Waals surface area contributed by atoms with Gasteiger partial charge in [-0.2, -0.15) is 11.8 Å². The first-order valence-corrected chi connectivity index (χ1v) is 10.3. The summed E-state index contributed by atoms with van der Waals surface area (Å²) in [5, 5.41) is 7.16. The lowest BCUT2D eigenvalue weighted by Crippen LogP contribution is -2.59. The molecule has 0 aromatic carbocycles. The lowest BCUT2D eigenvalue weighted by Gasteiger charge is -2.48. The second-order valence-electron chi connectivity index (χ2n) is 7.13. The molecule has 0 unspecified atom stereocenters. The number of rotatable bonds is 5. The molecule has 0 aromatic rings. The van der Waals surface area contributed by atoms with Gasteiger partial charge in [-0.3, -0.25) is 9.89 Å². The quantitative estimate of drug-likeness (QED) is 0.382. The molecule has 3 aliphatic rings. The van der Waals surface area contributed by atoms with Crippen molar-refractivity contribution in [3.63, 3.8) is 0 Å². The Bertz CT molecular complexity index is 375. The summed E-state index contributed by atoms with van der Waals surface area (Å²) >= 11 is 2.11. The van der Waals surface area contributed by atoms with Crippen molar-refractivity contribution in [3.05, 3.63) is 0 Å². The molecule has 134 valence electrons. The number of hydrogen-bond donors (Lipinski definition) is 2. The first kappa shape index (κ1) is 19.6. The predicted octanol–water partition coefficient (Wildman–Crippen LogP) is 2.93. The first-order chi connectivity index (χ1) is 10.8. The van der Waals surface area contributed by atoms with Gasteiger partial charge in [0.15, 0.2) is 5.96 Å². The standard InChI is InChI=1S/C17H32N4S.HI/c1-18-16(19-13-15-5-6-15)20-14-17(7-3-2-4-8-17)21-9-11-22-12-10-21;/h15H,2-14H2,1H3,(H2,18,19,20);1H. The highest BCUT2D eigenvalue weighted by atomic mass is 127. The first-order valence-electron chi connectivity index (χ1n) is 9.10. The monoisotopic (exact) mass is 452 g/mol. The van der Waals surface area contributed by atoms with Crippen LogP contribution in [0.5, 0.6) is 0 Å². The fourth-order valence-corrected chi connectivity index (χ4v) is 4.79. The SMILES string of the molecule is CN=C(NCC1CC1)NCC1(N2CCSCC2)CCCCC1.I. The molecule has 4 nitrogen and oxygen atoms in total. The molecule has 2 saturated carbocycles. The summed E-state index contributed by atoms with van der Waals surface area (Å²) in [6.45, 7) is 4.68. The topological polar surface area (TPSA) is 39.7 Å². The van der Waals surface area contributed by atoms with Gasteiger partial charge in [0.1, 0.15) is 0 Å². The van der Waals surface area contributed by atoms with E-state index in [1.54, 1.807) is 0 Å². The van der Waals surface area contributed by atoms with Crippen molar-refractivity contribution in [2.75, 3.05) is 44.7 Å². The lowest BCUT2D eigenvalue weighted by molar-refractivity contribution is 0.0626. The van der Waals surface area contributed by atoms with Gasteiger partial charge in [-0.25, -0.2) is 0 Å². The van der Waals surface area contributed by atoms with E-state index in [4.69, 9.17) is 0 Å². The Morgan fingerprint density at radius 3 is 2.43 bits per heavy atom. The highest BCUT2D eigenvalue weighted by molar-refractivity contribution is 14.0. The number of guanidine groups is 1. The van der Waals surface area contributed by atoms with Crippen LogP contribution in [0.3, 0.4) is 0 Å². The maximum atomic E-state index is 4.42. The van der Waals surface area contributed by atoms with Crippen LogP contribution >= 0.6 is 35.7 Å². The minimum Gasteiger partial charge on any atom is -0.356 e. The van der Waals surface area contributed by atoms with Gasteiger partial charge in [-0.1, -0.05) is 19.3 Å². The van der Waals surface area contributed by atoms with E-state index in [2.05, 4.69) is 32.3 Å². The summed E-state index contributed by atoms with van der Waals surface area (Å²) in [6.07, 6.45) is 9.67. The van der Waals surface area contributed by atoms with Crippen molar-refractivity contribution in [1.29, 1.82) is 0 Å². The molecule has 0 radical (unpaired) electrons. The van der Waals surface area contributed by atoms with E-state index in [0.29, 0.717) is 5.54 Å². The van der Waals surface area contributed by atoms with Crippen molar-refractivity contribution in [2.45, 2.75) is 50.5 Å². The summed E-state index contributed by atoms with van der Waals surface area (Å²) in [5.74, 6) is 4.50. The highest BCUT2D eigenvalue weighted by Gasteiger charge is 2.38. The minimum absolute atomic E-state index is 0. The van der Waals surface area contributed by atoms with Gasteiger partial charge in [0, 0.05) is 50.3 Å². The molecule has 1 saturated heterocycles. The van der Waals surface area contributed by atoms with Crippen molar-refractivity contribution in [2.24, 2.45) is 10.9 Å². The molecular formula is C17H33IN4S. The molecule has 3 fully saturated rings. The Hall–Kier alpha value is 0.310. The van der Waals surface area contributed by atoms with E-state index in [0.717, 1.165) is 25.0 Å². The Morgan fingerprint density at radius 1 is 1.13 bits per heavy atom. The maximum Gasteiger partial charge on any atom is 0.191 e. The summed E-state index contributed by atoms with van der Waals surface area (Å²) in [5.41, 5.74) is 0.371. The summed E-state index contributed by atoms with van der Waals surface area (Å²) in [6, 6.07) is 0. The van der Waals surface area contributed by atoms with Crippen molar-refractivity contribution < 1.29 is 0 Å². The molecule has 0 bridgehead atoms. The summed E-state index contributed by atoms with van der Waals surface area (Å²) in [7, 11) is 1.90. The van der Waals surface area contributed by atoms with Crippen LogP contribution in [-0.4, -0.2) is 61.1 Å². The van der Waals surface area contributed by atoms with Gasteiger partial charge in [0.2, 0.25) is 0 Å². The fraction of sp³-hybridized carbons (Fsp3) is 0.941. The number of thioether (sulfide) groups is 1. The fourth-order valence-electron chi connectivity index (χ4n) is 3.88. The highest BCUT2D eigenvalue weighted by Crippen LogP contribution is 2.34. The average molecular weight is 452 g/mol. The molecule has 0 atom stereocenters. The second-order valence-corrected chi connectivity index (χ2v) is 8.36. The second kappa shape index (κ2) is 9.70. The summed E-state index contributed by atoms with van der Waals surface area (Å²) in [4.78, 5) is 7.20. The third-order valence-electron chi connectivity index (χ3n) is 5.53. The Kier molecular flexibility index (Phi) is 8.28. The van der Waals surface area contributed by atoms with Crippen LogP contribution in [-0.2, 0) is 0 Å². The third-order valence-corrected chi connectivity index (χ3v) is 6.47. The predicted molar refractivity (Wildman–Crippen MR) is 112 cm³/mol. The maximum absolute atomic E-state index is 4.42. The zero-order valence-electron chi connectivity index (χ0n) is 14.5. The molecule has 2 aliphatic carbocycles. The molecule has 1 aliphatic heterocycles. The van der Waals surface area contributed by atoms with Crippen LogP contribution in [0.15, 0.2) is 4.99 Å². The van der Waals surface area contributed by atoms with Crippen molar-refractivity contribution in [3.8, 4) is 0 Å². The number of halogens is 1. The van der Waals surface area contributed by atoms with Crippen LogP contribution < -0.4 is 10.6 Å². The molecule has 0 amide bonds. The van der Waals surface area contributed by atoms with E-state index in [1.807, 2.05) is 7.05 Å². The van der Waals surface area contributed by atoms with Crippen LogP contribution in [0, 0.1) is 5.92 Å². The molecule has 1 heterocycles. The Labute approximate surface area is 163 Å². The van der Waals surface area contributed by atoms with Gasteiger partial charge in [-0.15, -0.1) is 24.0 Å². The molecule has 6 heteroatoms. The number of nitrogens with zero attached hydrogens (tertiary/aromatic N) is 2. The molecule has 3 rings (SSSR count). The van der Waals surface area contributed by atoms with Crippen LogP contribution in [0.1, 0.15) is 44.9 Å².